The van der Waals surface area contributed by atoms with Crippen LogP contribution in [0.4, 0.5) is 10.1 Å². The van der Waals surface area contributed by atoms with Crippen LogP contribution in [0.25, 0.3) is 0 Å². The molecule has 2 aromatic carbocycles. The van der Waals surface area contributed by atoms with Crippen LogP contribution in [-0.4, -0.2) is 36.7 Å². The smallest absolute Gasteiger partial charge is 0.241 e. The monoisotopic (exact) mass is 386 g/mol. The lowest BCUT2D eigenvalue weighted by Gasteiger charge is -2.23. The maximum Gasteiger partial charge on any atom is 0.241 e. The van der Waals surface area contributed by atoms with Gasteiger partial charge in [0.2, 0.25) is 5.91 Å². The van der Waals surface area contributed by atoms with Gasteiger partial charge in [0.25, 0.3) is 0 Å². The minimum absolute atomic E-state index is 0.0104. The van der Waals surface area contributed by atoms with Crippen LogP contribution >= 0.6 is 0 Å². The number of carbonyl (C=O) groups is 1. The summed E-state index contributed by atoms with van der Waals surface area (Å²) in [6, 6.07) is 12.8. The van der Waals surface area contributed by atoms with E-state index in [-0.39, 0.29) is 17.8 Å². The molecule has 1 aliphatic heterocycles. The highest BCUT2D eigenvalue weighted by Gasteiger charge is 2.30. The predicted molar refractivity (Wildman–Crippen MR) is 107 cm³/mol. The molecule has 6 heteroatoms. The summed E-state index contributed by atoms with van der Waals surface area (Å²) >= 11 is 0. The summed E-state index contributed by atoms with van der Waals surface area (Å²) in [6.45, 7) is 4.25. The molecule has 1 amide bonds. The summed E-state index contributed by atoms with van der Waals surface area (Å²) in [4.78, 5) is 14.7. The van der Waals surface area contributed by atoms with E-state index in [0.29, 0.717) is 18.2 Å². The fourth-order valence-electron chi connectivity index (χ4n) is 3.18. The summed E-state index contributed by atoms with van der Waals surface area (Å²) in [7, 11) is 0. The standard InChI is InChI=1S/C22H27FN2O3/c1-2-3-15-27-16-25-14-4-5-21(25)22(26)24-18-8-12-20(13-9-18)28-19-10-6-17(23)7-11-19/h6-13,21H,2-5,14-16H2,1H3,(H,24,26)/t21-/m0/s1. The van der Waals surface area contributed by atoms with Gasteiger partial charge in [-0.2, -0.15) is 0 Å². The quantitative estimate of drug-likeness (QED) is 0.629. The second-order valence-electron chi connectivity index (χ2n) is 6.93. The summed E-state index contributed by atoms with van der Waals surface area (Å²) in [5.41, 5.74) is 0.718. The largest absolute Gasteiger partial charge is 0.457 e. The van der Waals surface area contributed by atoms with Gasteiger partial charge < -0.3 is 14.8 Å². The van der Waals surface area contributed by atoms with Crippen molar-refractivity contribution in [3.63, 3.8) is 0 Å². The molecular weight excluding hydrogens is 359 g/mol. The minimum Gasteiger partial charge on any atom is -0.457 e. The number of rotatable bonds is 9. The van der Waals surface area contributed by atoms with Gasteiger partial charge in [0, 0.05) is 18.8 Å². The van der Waals surface area contributed by atoms with E-state index in [9.17, 15) is 9.18 Å². The maximum absolute atomic E-state index is 13.0. The van der Waals surface area contributed by atoms with E-state index in [0.717, 1.165) is 44.5 Å². The summed E-state index contributed by atoms with van der Waals surface area (Å²) in [5, 5.41) is 2.97. The van der Waals surface area contributed by atoms with Crippen LogP contribution in [0.15, 0.2) is 48.5 Å². The second kappa shape index (κ2) is 10.2. The third kappa shape index (κ3) is 5.78. The predicted octanol–water partition coefficient (Wildman–Crippen LogP) is 4.80. The maximum atomic E-state index is 13.0. The molecule has 5 nitrogen and oxygen atoms in total. The van der Waals surface area contributed by atoms with Gasteiger partial charge in [-0.3, -0.25) is 9.69 Å². The van der Waals surface area contributed by atoms with Crippen LogP contribution in [0.1, 0.15) is 32.6 Å². The highest BCUT2D eigenvalue weighted by molar-refractivity contribution is 5.95. The Morgan fingerprint density at radius 1 is 1.14 bits per heavy atom. The number of anilines is 1. The van der Waals surface area contributed by atoms with Crippen molar-refractivity contribution in [2.45, 2.75) is 38.6 Å². The topological polar surface area (TPSA) is 50.8 Å². The molecule has 1 aliphatic rings. The van der Waals surface area contributed by atoms with Gasteiger partial charge in [0.05, 0.1) is 12.8 Å². The van der Waals surface area contributed by atoms with Crippen molar-refractivity contribution in [2.75, 3.05) is 25.2 Å². The zero-order valence-electron chi connectivity index (χ0n) is 16.2. The molecule has 2 aromatic rings. The van der Waals surface area contributed by atoms with E-state index >= 15 is 0 Å². The van der Waals surface area contributed by atoms with E-state index in [1.54, 1.807) is 36.4 Å². The van der Waals surface area contributed by atoms with Gasteiger partial charge in [-0.25, -0.2) is 4.39 Å². The SMILES string of the molecule is CCCCOCN1CCC[C@H]1C(=O)Nc1ccc(Oc2ccc(F)cc2)cc1. The first-order chi connectivity index (χ1) is 13.7. The molecule has 0 aliphatic carbocycles. The fraction of sp³-hybridized carbons (Fsp3) is 0.409. The number of hydrogen-bond donors (Lipinski definition) is 1. The first kappa shape index (κ1) is 20.3. The van der Waals surface area contributed by atoms with E-state index in [1.165, 1.54) is 12.1 Å². The molecule has 1 fully saturated rings. The minimum atomic E-state index is -0.304. The van der Waals surface area contributed by atoms with Gasteiger partial charge in [-0.1, -0.05) is 13.3 Å². The molecule has 1 saturated heterocycles. The number of amides is 1. The summed E-state index contributed by atoms with van der Waals surface area (Å²) in [6.07, 6.45) is 3.98. The lowest BCUT2D eigenvalue weighted by Crippen LogP contribution is -2.40. The van der Waals surface area contributed by atoms with E-state index in [4.69, 9.17) is 9.47 Å². The Morgan fingerprint density at radius 2 is 1.82 bits per heavy atom. The average Bonchev–Trinajstić information content (AvgIpc) is 3.17. The Hall–Kier alpha value is -2.44. The van der Waals surface area contributed by atoms with E-state index < -0.39 is 0 Å². The molecule has 0 saturated carbocycles. The molecule has 1 heterocycles. The molecule has 1 atom stereocenters. The second-order valence-corrected chi connectivity index (χ2v) is 6.93. The molecule has 3 rings (SSSR count). The van der Waals surface area contributed by atoms with Crippen molar-refractivity contribution >= 4 is 11.6 Å². The Morgan fingerprint density at radius 3 is 2.50 bits per heavy atom. The molecule has 0 spiro atoms. The van der Waals surface area contributed by atoms with E-state index in [1.807, 2.05) is 0 Å². The number of nitrogens with zero attached hydrogens (tertiary/aromatic N) is 1. The Kier molecular flexibility index (Phi) is 7.39. The fourth-order valence-corrected chi connectivity index (χ4v) is 3.18. The van der Waals surface area contributed by atoms with Crippen LogP contribution in [-0.2, 0) is 9.53 Å². The van der Waals surface area contributed by atoms with Crippen molar-refractivity contribution in [1.29, 1.82) is 0 Å². The Bertz CT molecular complexity index is 749. The lowest BCUT2D eigenvalue weighted by atomic mass is 10.2. The molecule has 0 bridgehead atoms. The number of halogens is 1. The van der Waals surface area contributed by atoms with Crippen molar-refractivity contribution in [2.24, 2.45) is 0 Å². The van der Waals surface area contributed by atoms with Crippen molar-refractivity contribution in [3.05, 3.63) is 54.3 Å². The molecule has 0 unspecified atom stereocenters. The first-order valence-corrected chi connectivity index (χ1v) is 9.82. The number of nitrogens with one attached hydrogen (secondary N) is 1. The zero-order chi connectivity index (χ0) is 19.8. The van der Waals surface area contributed by atoms with Gasteiger partial charge in [-0.15, -0.1) is 0 Å². The highest BCUT2D eigenvalue weighted by Crippen LogP contribution is 2.24. The number of likely N-dealkylation sites (tertiary alicyclic amines) is 1. The normalized spacial score (nSPS) is 16.9. The summed E-state index contributed by atoms with van der Waals surface area (Å²) in [5.74, 6) is 0.866. The van der Waals surface area contributed by atoms with Crippen molar-refractivity contribution in [1.82, 2.24) is 4.90 Å². The van der Waals surface area contributed by atoms with Gasteiger partial charge in [0.1, 0.15) is 17.3 Å². The number of benzene rings is 2. The molecule has 1 N–H and O–H groups in total. The molecule has 0 aromatic heterocycles. The first-order valence-electron chi connectivity index (χ1n) is 9.82. The van der Waals surface area contributed by atoms with Crippen LogP contribution in [0.3, 0.4) is 0 Å². The van der Waals surface area contributed by atoms with Crippen LogP contribution in [0, 0.1) is 5.82 Å². The molecule has 28 heavy (non-hydrogen) atoms. The number of carbonyl (C=O) groups excluding carboxylic acids is 1. The van der Waals surface area contributed by atoms with Crippen LogP contribution in [0.2, 0.25) is 0 Å². The van der Waals surface area contributed by atoms with Gasteiger partial charge in [-0.05, 0) is 67.8 Å². The van der Waals surface area contributed by atoms with Crippen LogP contribution in [0.5, 0.6) is 11.5 Å². The lowest BCUT2D eigenvalue weighted by molar-refractivity contribution is -0.122. The van der Waals surface area contributed by atoms with Gasteiger partial charge >= 0.3 is 0 Å². The van der Waals surface area contributed by atoms with Crippen LogP contribution < -0.4 is 10.1 Å². The number of ether oxygens (including phenoxy) is 2. The highest BCUT2D eigenvalue weighted by atomic mass is 19.1. The zero-order valence-corrected chi connectivity index (χ0v) is 16.2. The summed E-state index contributed by atoms with van der Waals surface area (Å²) < 4.78 is 24.3. The van der Waals surface area contributed by atoms with E-state index in [2.05, 4.69) is 17.1 Å². The third-order valence-electron chi connectivity index (χ3n) is 4.74. The molecular formula is C22H27FN2O3. The third-order valence-corrected chi connectivity index (χ3v) is 4.74. The number of hydrogen-bond acceptors (Lipinski definition) is 4. The Labute approximate surface area is 165 Å². The average molecular weight is 386 g/mol. The number of unbranched alkanes of at least 4 members (excludes halogenated alkanes) is 1. The van der Waals surface area contributed by atoms with Crippen molar-refractivity contribution in [3.8, 4) is 11.5 Å². The molecule has 150 valence electrons. The Balaban J connectivity index is 1.51. The van der Waals surface area contributed by atoms with Crippen molar-refractivity contribution < 1.29 is 18.7 Å². The van der Waals surface area contributed by atoms with Gasteiger partial charge in [0.15, 0.2) is 0 Å². The molecule has 0 radical (unpaired) electrons.